The highest BCUT2D eigenvalue weighted by Gasteiger charge is 2.44. The van der Waals surface area contributed by atoms with Crippen LogP contribution in [0, 0.1) is 30.1 Å². The number of nitrogens with zero attached hydrogens (tertiary/aromatic N) is 1. The Kier molecular flexibility index (Phi) is 15.3. The number of hydroxylamine groups is 2. The van der Waals surface area contributed by atoms with Gasteiger partial charge in [0, 0.05) is 25.1 Å². The second kappa shape index (κ2) is 15.8. The molecule has 188 valence electrons. The van der Waals surface area contributed by atoms with E-state index < -0.39 is 6.10 Å². The lowest BCUT2D eigenvalue weighted by molar-refractivity contribution is -0.156. The standard InChI is InChI=1S/C15H25NO3.C11H22.CH5N/c1-11-5-4-6-14(9-11)10-16(19)12(2)15(7-8-17)13(3)18;1-5-6-7-10-8-9(2)11(10,3)4;1-2/h4-6,9,12-13,15,17-19H,7-8,10H2,1-3H3;9-10H,5-8H2,1-4H3;2H2,1H3/t12?,13-,15+;9-,10-;/m00./s1. The Hall–Kier alpha value is -0.980. The van der Waals surface area contributed by atoms with E-state index in [0.717, 1.165) is 23.0 Å². The van der Waals surface area contributed by atoms with Crippen molar-refractivity contribution in [3.8, 4) is 0 Å². The summed E-state index contributed by atoms with van der Waals surface area (Å²) >= 11 is 0. The van der Waals surface area contributed by atoms with Gasteiger partial charge < -0.3 is 21.2 Å². The van der Waals surface area contributed by atoms with Gasteiger partial charge in [-0.3, -0.25) is 0 Å². The molecule has 5 heteroatoms. The van der Waals surface area contributed by atoms with Crippen LogP contribution >= 0.6 is 0 Å². The molecule has 5 nitrogen and oxygen atoms in total. The van der Waals surface area contributed by atoms with Crippen LogP contribution < -0.4 is 5.73 Å². The molecular weight excluding hydrogens is 400 g/mol. The van der Waals surface area contributed by atoms with Crippen LogP contribution in [0.2, 0.25) is 0 Å². The Labute approximate surface area is 198 Å². The molecule has 1 aliphatic rings. The van der Waals surface area contributed by atoms with Crippen molar-refractivity contribution in [1.82, 2.24) is 5.06 Å². The van der Waals surface area contributed by atoms with E-state index in [1.54, 1.807) is 6.92 Å². The molecule has 0 bridgehead atoms. The molecule has 32 heavy (non-hydrogen) atoms. The topological polar surface area (TPSA) is 90.0 Å². The summed E-state index contributed by atoms with van der Waals surface area (Å²) < 4.78 is 0. The fourth-order valence-corrected chi connectivity index (χ4v) is 4.61. The number of nitrogens with two attached hydrogens (primary N) is 1. The van der Waals surface area contributed by atoms with Crippen LogP contribution in [0.5, 0.6) is 0 Å². The van der Waals surface area contributed by atoms with Crippen molar-refractivity contribution in [3.05, 3.63) is 35.4 Å². The monoisotopic (exact) mass is 452 g/mol. The summed E-state index contributed by atoms with van der Waals surface area (Å²) in [6.07, 6.45) is 5.65. The van der Waals surface area contributed by atoms with Gasteiger partial charge >= 0.3 is 0 Å². The normalized spacial score (nSPS) is 21.9. The molecule has 5 N–H and O–H groups in total. The molecule has 1 aromatic carbocycles. The zero-order chi connectivity index (χ0) is 24.9. The lowest BCUT2D eigenvalue weighted by Crippen LogP contribution is -2.42. The number of aliphatic hydroxyl groups is 2. The van der Waals surface area contributed by atoms with Crippen LogP contribution in [0.25, 0.3) is 0 Å². The Bertz CT molecular complexity index is 606. The van der Waals surface area contributed by atoms with Crippen LogP contribution in [-0.4, -0.2) is 46.3 Å². The van der Waals surface area contributed by atoms with E-state index in [1.807, 2.05) is 38.1 Å². The van der Waals surface area contributed by atoms with Crippen molar-refractivity contribution in [2.75, 3.05) is 13.7 Å². The number of hydrogen-bond donors (Lipinski definition) is 4. The smallest absolute Gasteiger partial charge is 0.0556 e. The molecule has 0 aromatic heterocycles. The van der Waals surface area contributed by atoms with Gasteiger partial charge in [-0.15, -0.1) is 0 Å². The molecule has 5 atom stereocenters. The Morgan fingerprint density at radius 3 is 2.28 bits per heavy atom. The number of unbranched alkanes of at least 4 members (excludes halogenated alkanes) is 1. The summed E-state index contributed by atoms with van der Waals surface area (Å²) in [5.41, 5.74) is 7.33. The fourth-order valence-electron chi connectivity index (χ4n) is 4.61. The van der Waals surface area contributed by atoms with Gasteiger partial charge in [-0.25, -0.2) is 0 Å². The average Bonchev–Trinajstić information content (AvgIpc) is 2.76. The van der Waals surface area contributed by atoms with Crippen molar-refractivity contribution in [3.63, 3.8) is 0 Å². The Balaban J connectivity index is 0.000000626. The molecule has 1 aliphatic carbocycles. The van der Waals surface area contributed by atoms with E-state index in [0.29, 0.717) is 18.4 Å². The largest absolute Gasteiger partial charge is 0.396 e. The van der Waals surface area contributed by atoms with Gasteiger partial charge in [0.15, 0.2) is 0 Å². The highest BCUT2D eigenvalue weighted by molar-refractivity contribution is 5.21. The highest BCUT2D eigenvalue weighted by atomic mass is 16.5. The van der Waals surface area contributed by atoms with Crippen molar-refractivity contribution in [2.45, 2.75) is 99.3 Å². The first-order valence-electron chi connectivity index (χ1n) is 12.4. The van der Waals surface area contributed by atoms with Crippen molar-refractivity contribution in [2.24, 2.45) is 28.9 Å². The molecule has 0 radical (unpaired) electrons. The molecular formula is C27H52N2O3. The van der Waals surface area contributed by atoms with Gasteiger partial charge in [0.05, 0.1) is 6.10 Å². The van der Waals surface area contributed by atoms with Gasteiger partial charge in [-0.2, -0.15) is 5.06 Å². The summed E-state index contributed by atoms with van der Waals surface area (Å²) in [4.78, 5) is 0. The predicted molar refractivity (Wildman–Crippen MR) is 136 cm³/mol. The second-order valence-electron chi connectivity index (χ2n) is 10.0. The third kappa shape index (κ3) is 9.88. The summed E-state index contributed by atoms with van der Waals surface area (Å²) in [5.74, 6) is 1.83. The van der Waals surface area contributed by atoms with Crippen molar-refractivity contribution in [1.29, 1.82) is 0 Å². The van der Waals surface area contributed by atoms with Crippen molar-refractivity contribution >= 4 is 0 Å². The summed E-state index contributed by atoms with van der Waals surface area (Å²) in [6, 6.07) is 7.75. The lowest BCUT2D eigenvalue weighted by Gasteiger charge is -2.51. The quantitative estimate of drug-likeness (QED) is 0.357. The van der Waals surface area contributed by atoms with Crippen molar-refractivity contribution < 1.29 is 15.4 Å². The SMILES string of the molecule is CCCC[C@H]1C[C@H](C)C1(C)C.CN.Cc1cccc(CN(O)C(C)[C@@H](CCO)[C@H](C)O)c1. The van der Waals surface area contributed by atoms with E-state index in [1.165, 1.54) is 37.8 Å². The predicted octanol–water partition coefficient (Wildman–Crippen LogP) is 5.39. The van der Waals surface area contributed by atoms with Crippen LogP contribution in [0.15, 0.2) is 24.3 Å². The molecule has 0 amide bonds. The maximum Gasteiger partial charge on any atom is 0.0556 e. The minimum Gasteiger partial charge on any atom is -0.396 e. The Morgan fingerprint density at radius 2 is 1.84 bits per heavy atom. The molecule has 0 spiro atoms. The van der Waals surface area contributed by atoms with Gasteiger partial charge in [-0.05, 0) is 69.9 Å². The van der Waals surface area contributed by atoms with Gasteiger partial charge in [0.25, 0.3) is 0 Å². The number of rotatable bonds is 10. The highest BCUT2D eigenvalue weighted by Crippen LogP contribution is 2.52. The zero-order valence-electron chi connectivity index (χ0n) is 22.0. The van der Waals surface area contributed by atoms with E-state index >= 15 is 0 Å². The third-order valence-corrected chi connectivity index (χ3v) is 7.47. The maximum absolute atomic E-state index is 10.1. The lowest BCUT2D eigenvalue weighted by atomic mass is 9.54. The Morgan fingerprint density at radius 1 is 1.22 bits per heavy atom. The second-order valence-corrected chi connectivity index (χ2v) is 10.0. The van der Waals surface area contributed by atoms with Crippen LogP contribution in [0.1, 0.15) is 84.8 Å². The molecule has 1 unspecified atom stereocenters. The average molecular weight is 453 g/mol. The van der Waals surface area contributed by atoms with Crippen LogP contribution in [0.4, 0.5) is 0 Å². The molecule has 0 saturated heterocycles. The molecule has 1 saturated carbocycles. The molecule has 0 aliphatic heterocycles. The minimum absolute atomic E-state index is 0.0121. The van der Waals surface area contributed by atoms with Crippen LogP contribution in [0.3, 0.4) is 0 Å². The molecule has 1 aromatic rings. The fraction of sp³-hybridized carbons (Fsp3) is 0.778. The van der Waals surface area contributed by atoms with Gasteiger partial charge in [0.1, 0.15) is 0 Å². The summed E-state index contributed by atoms with van der Waals surface area (Å²) in [7, 11) is 1.50. The third-order valence-electron chi connectivity index (χ3n) is 7.47. The first-order valence-corrected chi connectivity index (χ1v) is 12.4. The first-order chi connectivity index (χ1) is 15.0. The molecule has 0 heterocycles. The van der Waals surface area contributed by atoms with E-state index in [4.69, 9.17) is 5.11 Å². The maximum atomic E-state index is 10.1. The number of benzene rings is 1. The van der Waals surface area contributed by atoms with Gasteiger partial charge in [-0.1, -0.05) is 70.4 Å². The first kappa shape index (κ1) is 31.0. The zero-order valence-corrected chi connectivity index (χ0v) is 22.0. The van der Waals surface area contributed by atoms with Crippen LogP contribution in [-0.2, 0) is 6.54 Å². The minimum atomic E-state index is -0.561. The number of aliphatic hydroxyl groups excluding tert-OH is 2. The number of hydrogen-bond acceptors (Lipinski definition) is 5. The van der Waals surface area contributed by atoms with E-state index in [-0.39, 0.29) is 18.6 Å². The summed E-state index contributed by atoms with van der Waals surface area (Å²) in [6.45, 7) is 15.5. The molecule has 1 fully saturated rings. The summed E-state index contributed by atoms with van der Waals surface area (Å²) in [5, 5.41) is 30.1. The van der Waals surface area contributed by atoms with Gasteiger partial charge in [0.2, 0.25) is 0 Å². The molecule has 2 rings (SSSR count). The number of aryl methyl sites for hydroxylation is 1. The van der Waals surface area contributed by atoms with E-state index in [2.05, 4.69) is 33.4 Å². The van der Waals surface area contributed by atoms with E-state index in [9.17, 15) is 10.3 Å².